The van der Waals surface area contributed by atoms with Gasteiger partial charge in [-0.2, -0.15) is 0 Å². The smallest absolute Gasteiger partial charge is 0.193 e. The van der Waals surface area contributed by atoms with Gasteiger partial charge in [0.15, 0.2) is 6.29 Å². The molecule has 5 heteroatoms. The highest BCUT2D eigenvalue weighted by Gasteiger charge is 2.27. The van der Waals surface area contributed by atoms with Crippen LogP contribution in [0.15, 0.2) is 24.3 Å². The van der Waals surface area contributed by atoms with Crippen LogP contribution in [0, 0.1) is 6.92 Å². The number of nitrogens with one attached hydrogen (secondary N) is 1. The Balaban J connectivity index is 1.72. The van der Waals surface area contributed by atoms with Gasteiger partial charge < -0.3 is 14.8 Å². The molecule has 116 valence electrons. The summed E-state index contributed by atoms with van der Waals surface area (Å²) < 4.78 is 11.3. The van der Waals surface area contributed by atoms with E-state index in [1.54, 1.807) is 11.3 Å². The van der Waals surface area contributed by atoms with Gasteiger partial charge in [0.25, 0.3) is 0 Å². The Morgan fingerprint density at radius 2 is 2.00 bits per heavy atom. The van der Waals surface area contributed by atoms with Crippen molar-refractivity contribution in [1.29, 1.82) is 0 Å². The van der Waals surface area contributed by atoms with E-state index < -0.39 is 0 Å². The van der Waals surface area contributed by atoms with Crippen molar-refractivity contribution in [3.63, 3.8) is 0 Å². The summed E-state index contributed by atoms with van der Waals surface area (Å²) in [5.41, 5.74) is 3.98. The second-order valence-electron chi connectivity index (χ2n) is 5.71. The number of aryl methyl sites for hydroxylation is 1. The molecule has 2 aliphatic heterocycles. The molecule has 0 aliphatic carbocycles. The van der Waals surface area contributed by atoms with Gasteiger partial charge in [-0.1, -0.05) is 17.7 Å². The van der Waals surface area contributed by atoms with Crippen LogP contribution in [0.25, 0.3) is 0 Å². The van der Waals surface area contributed by atoms with E-state index in [1.807, 2.05) is 6.07 Å². The summed E-state index contributed by atoms with van der Waals surface area (Å²) in [5.74, 6) is 0. The molecule has 1 N–H and O–H groups in total. The molecule has 4 rings (SSSR count). The standard InChI is InChI=1S/C17H18ClNO2S/c1-10-13(9-15(22-10)17-20-6-7-21-17)16-14-8-12(18)3-2-11(14)4-5-19-16/h2-3,8-9,16-17,19H,4-7H2,1H3. The molecule has 3 heterocycles. The van der Waals surface area contributed by atoms with E-state index in [1.165, 1.54) is 21.6 Å². The first kappa shape index (κ1) is 14.7. The molecule has 0 spiro atoms. The minimum Gasteiger partial charge on any atom is -0.345 e. The van der Waals surface area contributed by atoms with E-state index in [2.05, 4.69) is 30.4 Å². The average Bonchev–Trinajstić information content (AvgIpc) is 3.16. The molecule has 22 heavy (non-hydrogen) atoms. The number of fused-ring (bicyclic) bond motifs is 1. The van der Waals surface area contributed by atoms with Crippen LogP contribution >= 0.6 is 22.9 Å². The van der Waals surface area contributed by atoms with Crippen LogP contribution in [0.2, 0.25) is 5.02 Å². The molecule has 2 aromatic rings. The van der Waals surface area contributed by atoms with E-state index >= 15 is 0 Å². The molecule has 1 aromatic carbocycles. The predicted octanol–water partition coefficient (Wildman–Crippen LogP) is 3.99. The topological polar surface area (TPSA) is 30.5 Å². The highest BCUT2D eigenvalue weighted by molar-refractivity contribution is 7.12. The van der Waals surface area contributed by atoms with E-state index in [4.69, 9.17) is 21.1 Å². The van der Waals surface area contributed by atoms with Gasteiger partial charge in [0, 0.05) is 16.4 Å². The highest BCUT2D eigenvalue weighted by Crippen LogP contribution is 2.38. The molecule has 1 aromatic heterocycles. The van der Waals surface area contributed by atoms with Gasteiger partial charge in [0.2, 0.25) is 0 Å². The largest absolute Gasteiger partial charge is 0.345 e. The maximum Gasteiger partial charge on any atom is 0.193 e. The molecular weight excluding hydrogens is 318 g/mol. The normalized spacial score (nSPS) is 22.0. The quantitative estimate of drug-likeness (QED) is 0.900. The van der Waals surface area contributed by atoms with Gasteiger partial charge in [0.1, 0.15) is 0 Å². The number of rotatable bonds is 2. The SMILES string of the molecule is Cc1sc(C2OCCO2)cc1C1NCCc2ccc(Cl)cc21. The summed E-state index contributed by atoms with van der Waals surface area (Å²) in [7, 11) is 0. The lowest BCUT2D eigenvalue weighted by Crippen LogP contribution is -2.30. The summed E-state index contributed by atoms with van der Waals surface area (Å²) in [6, 6.07) is 8.65. The Hall–Kier alpha value is -0.910. The van der Waals surface area contributed by atoms with Gasteiger partial charge in [0.05, 0.1) is 24.1 Å². The number of halogens is 1. The molecule has 3 nitrogen and oxygen atoms in total. The van der Waals surface area contributed by atoms with Crippen molar-refractivity contribution >= 4 is 22.9 Å². The third-order valence-electron chi connectivity index (χ3n) is 4.30. The van der Waals surface area contributed by atoms with E-state index in [0.29, 0.717) is 13.2 Å². The molecule has 0 amide bonds. The van der Waals surface area contributed by atoms with Gasteiger partial charge in [-0.05, 0) is 48.2 Å². The third-order valence-corrected chi connectivity index (χ3v) is 5.63. The zero-order valence-corrected chi connectivity index (χ0v) is 14.0. The second-order valence-corrected chi connectivity index (χ2v) is 7.44. The van der Waals surface area contributed by atoms with Gasteiger partial charge in [-0.15, -0.1) is 11.3 Å². The van der Waals surface area contributed by atoms with Crippen LogP contribution < -0.4 is 5.32 Å². The fraction of sp³-hybridized carbons (Fsp3) is 0.412. The molecule has 2 aliphatic rings. The van der Waals surface area contributed by atoms with Gasteiger partial charge in [-0.25, -0.2) is 0 Å². The summed E-state index contributed by atoms with van der Waals surface area (Å²) in [5, 5.41) is 4.42. The maximum atomic E-state index is 6.21. The van der Waals surface area contributed by atoms with Crippen molar-refractivity contribution < 1.29 is 9.47 Å². The highest BCUT2D eigenvalue weighted by atomic mass is 35.5. The fourth-order valence-electron chi connectivity index (χ4n) is 3.25. The third kappa shape index (κ3) is 2.59. The Kier molecular flexibility index (Phi) is 3.96. The number of ether oxygens (including phenoxy) is 2. The average molecular weight is 336 g/mol. The molecular formula is C17H18ClNO2S. The second kappa shape index (κ2) is 5.95. The van der Waals surface area contributed by atoms with Crippen LogP contribution in [0.1, 0.15) is 38.8 Å². The van der Waals surface area contributed by atoms with Crippen molar-refractivity contribution in [3.05, 3.63) is 55.7 Å². The zero-order chi connectivity index (χ0) is 15.1. The number of benzene rings is 1. The number of hydrogen-bond donors (Lipinski definition) is 1. The lowest BCUT2D eigenvalue weighted by Gasteiger charge is -2.27. The Morgan fingerprint density at radius 1 is 1.18 bits per heavy atom. The van der Waals surface area contributed by atoms with E-state index in [0.717, 1.165) is 22.9 Å². The first-order valence-corrected chi connectivity index (χ1v) is 8.77. The predicted molar refractivity (Wildman–Crippen MR) is 88.7 cm³/mol. The summed E-state index contributed by atoms with van der Waals surface area (Å²) in [6.07, 6.45) is 0.855. The Labute approximate surface area is 139 Å². The van der Waals surface area contributed by atoms with E-state index in [-0.39, 0.29) is 12.3 Å². The molecule has 1 unspecified atom stereocenters. The first-order chi connectivity index (χ1) is 10.7. The van der Waals surface area contributed by atoms with Crippen molar-refractivity contribution in [2.75, 3.05) is 19.8 Å². The molecule has 0 bridgehead atoms. The molecule has 1 fully saturated rings. The summed E-state index contributed by atoms with van der Waals surface area (Å²) in [4.78, 5) is 2.46. The molecule has 1 atom stereocenters. The van der Waals surface area contributed by atoms with E-state index in [9.17, 15) is 0 Å². The van der Waals surface area contributed by atoms with Crippen molar-refractivity contribution in [2.24, 2.45) is 0 Å². The van der Waals surface area contributed by atoms with Crippen molar-refractivity contribution in [1.82, 2.24) is 5.32 Å². The zero-order valence-electron chi connectivity index (χ0n) is 12.4. The van der Waals surface area contributed by atoms with Crippen LogP contribution in [-0.2, 0) is 15.9 Å². The van der Waals surface area contributed by atoms with Crippen LogP contribution in [0.5, 0.6) is 0 Å². The number of hydrogen-bond acceptors (Lipinski definition) is 4. The first-order valence-electron chi connectivity index (χ1n) is 7.57. The van der Waals surface area contributed by atoms with Gasteiger partial charge >= 0.3 is 0 Å². The van der Waals surface area contributed by atoms with Crippen molar-refractivity contribution in [2.45, 2.75) is 25.7 Å². The fourth-order valence-corrected chi connectivity index (χ4v) is 4.49. The van der Waals surface area contributed by atoms with Crippen LogP contribution in [-0.4, -0.2) is 19.8 Å². The van der Waals surface area contributed by atoms with Crippen LogP contribution in [0.4, 0.5) is 0 Å². The molecule has 0 saturated carbocycles. The molecule has 1 saturated heterocycles. The summed E-state index contributed by atoms with van der Waals surface area (Å²) >= 11 is 7.97. The maximum absolute atomic E-state index is 6.21. The van der Waals surface area contributed by atoms with Crippen LogP contribution in [0.3, 0.4) is 0 Å². The monoisotopic (exact) mass is 335 g/mol. The van der Waals surface area contributed by atoms with Gasteiger partial charge in [-0.3, -0.25) is 0 Å². The molecule has 0 radical (unpaired) electrons. The Morgan fingerprint density at radius 3 is 2.82 bits per heavy atom. The minimum absolute atomic E-state index is 0.195. The van der Waals surface area contributed by atoms with Crippen molar-refractivity contribution in [3.8, 4) is 0 Å². The Bertz CT molecular complexity index is 694. The summed E-state index contributed by atoms with van der Waals surface area (Å²) in [6.45, 7) is 4.51. The lowest BCUT2D eigenvalue weighted by atomic mass is 9.90. The lowest BCUT2D eigenvalue weighted by molar-refractivity contribution is -0.0413. The number of thiophene rings is 1. The minimum atomic E-state index is -0.195.